The average Bonchev–Trinajstić information content (AvgIpc) is 2.49. The molecule has 1 fully saturated rings. The second-order valence-corrected chi connectivity index (χ2v) is 6.98. The molecule has 1 aliphatic rings. The van der Waals surface area contributed by atoms with E-state index in [4.69, 9.17) is 0 Å². The summed E-state index contributed by atoms with van der Waals surface area (Å²) in [5.74, 6) is 2.02. The molecule has 0 radical (unpaired) electrons. The predicted molar refractivity (Wildman–Crippen MR) is 91.2 cm³/mol. The monoisotopic (exact) mass is 281 g/mol. The molecule has 0 amide bonds. The Morgan fingerprint density at radius 2 is 1.55 bits per heavy atom. The standard InChI is InChI=1S/C19H39N/c1-4-7-9-11-19(20-16-6-3)18-14-12-17(13-15-18)10-8-5-2/h17-20H,4-16H2,1-3H3. The van der Waals surface area contributed by atoms with E-state index < -0.39 is 0 Å². The van der Waals surface area contributed by atoms with Gasteiger partial charge in [-0.1, -0.05) is 72.1 Å². The number of hydrogen-bond acceptors (Lipinski definition) is 1. The van der Waals surface area contributed by atoms with E-state index in [-0.39, 0.29) is 0 Å². The van der Waals surface area contributed by atoms with Gasteiger partial charge in [-0.3, -0.25) is 0 Å². The maximum absolute atomic E-state index is 3.86. The summed E-state index contributed by atoms with van der Waals surface area (Å²) in [5, 5.41) is 3.86. The van der Waals surface area contributed by atoms with E-state index in [0.29, 0.717) is 0 Å². The number of rotatable bonds is 11. The maximum Gasteiger partial charge on any atom is 0.00953 e. The molecule has 1 saturated carbocycles. The van der Waals surface area contributed by atoms with Gasteiger partial charge in [-0.25, -0.2) is 0 Å². The molecule has 1 nitrogen and oxygen atoms in total. The van der Waals surface area contributed by atoms with Gasteiger partial charge in [0.15, 0.2) is 0 Å². The normalized spacial score (nSPS) is 24.8. The Labute approximate surface area is 128 Å². The Bertz CT molecular complexity index is 206. The largest absolute Gasteiger partial charge is 0.314 e. The summed E-state index contributed by atoms with van der Waals surface area (Å²) in [6.45, 7) is 8.14. The van der Waals surface area contributed by atoms with E-state index in [1.54, 1.807) is 0 Å². The van der Waals surface area contributed by atoms with Crippen LogP contribution in [0.15, 0.2) is 0 Å². The third-order valence-electron chi connectivity index (χ3n) is 5.20. The van der Waals surface area contributed by atoms with Crippen LogP contribution in [0.4, 0.5) is 0 Å². The zero-order chi connectivity index (χ0) is 14.6. The van der Waals surface area contributed by atoms with Gasteiger partial charge in [0.05, 0.1) is 0 Å². The first-order valence-electron chi connectivity index (χ1n) is 9.55. The van der Waals surface area contributed by atoms with Crippen LogP contribution < -0.4 is 5.32 Å². The van der Waals surface area contributed by atoms with Crippen molar-refractivity contribution in [2.24, 2.45) is 11.8 Å². The molecule has 0 aromatic carbocycles. The smallest absolute Gasteiger partial charge is 0.00953 e. The fourth-order valence-corrected chi connectivity index (χ4v) is 3.82. The molecule has 0 bridgehead atoms. The van der Waals surface area contributed by atoms with Gasteiger partial charge in [-0.15, -0.1) is 0 Å². The molecule has 0 saturated heterocycles. The summed E-state index contributed by atoms with van der Waals surface area (Å²) in [6, 6.07) is 0.814. The molecule has 1 heteroatoms. The van der Waals surface area contributed by atoms with Crippen LogP contribution in [0.1, 0.15) is 97.8 Å². The summed E-state index contributed by atoms with van der Waals surface area (Å²) in [5.41, 5.74) is 0. The first-order valence-corrected chi connectivity index (χ1v) is 9.55. The topological polar surface area (TPSA) is 12.0 Å². The molecular formula is C19H39N. The van der Waals surface area contributed by atoms with E-state index in [9.17, 15) is 0 Å². The zero-order valence-corrected chi connectivity index (χ0v) is 14.4. The van der Waals surface area contributed by atoms with Crippen molar-refractivity contribution < 1.29 is 0 Å². The molecule has 20 heavy (non-hydrogen) atoms. The molecule has 0 aliphatic heterocycles. The highest BCUT2D eigenvalue weighted by Gasteiger charge is 2.26. The molecular weight excluding hydrogens is 242 g/mol. The van der Waals surface area contributed by atoms with Gasteiger partial charge in [0, 0.05) is 6.04 Å². The molecule has 0 aromatic rings. The molecule has 120 valence electrons. The van der Waals surface area contributed by atoms with E-state index in [2.05, 4.69) is 26.1 Å². The number of unbranched alkanes of at least 4 members (excludes halogenated alkanes) is 3. The maximum atomic E-state index is 3.86. The first kappa shape index (κ1) is 18.0. The van der Waals surface area contributed by atoms with Gasteiger partial charge in [0.1, 0.15) is 0 Å². The van der Waals surface area contributed by atoms with E-state index >= 15 is 0 Å². The Balaban J connectivity index is 2.31. The van der Waals surface area contributed by atoms with Gasteiger partial charge in [-0.2, -0.15) is 0 Å². The second-order valence-electron chi connectivity index (χ2n) is 6.98. The van der Waals surface area contributed by atoms with E-state index in [1.807, 2.05) is 0 Å². The molecule has 0 heterocycles. The summed E-state index contributed by atoms with van der Waals surface area (Å²) in [7, 11) is 0. The van der Waals surface area contributed by atoms with Crippen molar-refractivity contribution in [3.05, 3.63) is 0 Å². The third kappa shape index (κ3) is 7.11. The Morgan fingerprint density at radius 3 is 2.15 bits per heavy atom. The van der Waals surface area contributed by atoms with Crippen molar-refractivity contribution in [3.63, 3.8) is 0 Å². The zero-order valence-electron chi connectivity index (χ0n) is 14.4. The van der Waals surface area contributed by atoms with E-state index in [0.717, 1.165) is 17.9 Å². The minimum Gasteiger partial charge on any atom is -0.314 e. The van der Waals surface area contributed by atoms with Crippen LogP contribution in [0.5, 0.6) is 0 Å². The van der Waals surface area contributed by atoms with Crippen molar-refractivity contribution in [2.75, 3.05) is 6.54 Å². The molecule has 1 atom stereocenters. The molecule has 1 unspecified atom stereocenters. The van der Waals surface area contributed by atoms with Gasteiger partial charge < -0.3 is 5.32 Å². The second kappa shape index (κ2) is 11.6. The Morgan fingerprint density at radius 1 is 0.850 bits per heavy atom. The van der Waals surface area contributed by atoms with Crippen LogP contribution in [0, 0.1) is 11.8 Å². The Kier molecular flexibility index (Phi) is 10.4. The van der Waals surface area contributed by atoms with Crippen molar-refractivity contribution >= 4 is 0 Å². The molecule has 0 spiro atoms. The van der Waals surface area contributed by atoms with Crippen molar-refractivity contribution in [1.29, 1.82) is 0 Å². The van der Waals surface area contributed by atoms with Crippen LogP contribution >= 0.6 is 0 Å². The fraction of sp³-hybridized carbons (Fsp3) is 1.00. The summed E-state index contributed by atoms with van der Waals surface area (Å²) >= 11 is 0. The number of nitrogens with one attached hydrogen (secondary N) is 1. The highest BCUT2D eigenvalue weighted by atomic mass is 14.9. The highest BCUT2D eigenvalue weighted by molar-refractivity contribution is 4.82. The lowest BCUT2D eigenvalue weighted by atomic mass is 9.76. The van der Waals surface area contributed by atoms with Crippen LogP contribution in [0.2, 0.25) is 0 Å². The third-order valence-corrected chi connectivity index (χ3v) is 5.20. The molecule has 1 aliphatic carbocycles. The Hall–Kier alpha value is -0.0400. The first-order chi connectivity index (χ1) is 9.81. The lowest BCUT2D eigenvalue weighted by Gasteiger charge is -2.34. The molecule has 0 aromatic heterocycles. The van der Waals surface area contributed by atoms with Crippen LogP contribution in [-0.4, -0.2) is 12.6 Å². The quantitative estimate of drug-likeness (QED) is 0.463. The van der Waals surface area contributed by atoms with Gasteiger partial charge in [0.25, 0.3) is 0 Å². The SMILES string of the molecule is CCCCCC(NCCC)C1CCC(CCCC)CC1. The summed E-state index contributed by atoms with van der Waals surface area (Å²) in [4.78, 5) is 0. The van der Waals surface area contributed by atoms with Crippen LogP contribution in [0.3, 0.4) is 0 Å². The lowest BCUT2D eigenvalue weighted by molar-refractivity contribution is 0.203. The van der Waals surface area contributed by atoms with E-state index in [1.165, 1.54) is 83.6 Å². The number of hydrogen-bond donors (Lipinski definition) is 1. The predicted octanol–water partition coefficient (Wildman–Crippen LogP) is 5.93. The fourth-order valence-electron chi connectivity index (χ4n) is 3.82. The van der Waals surface area contributed by atoms with Gasteiger partial charge in [0.2, 0.25) is 0 Å². The molecule has 1 N–H and O–H groups in total. The van der Waals surface area contributed by atoms with Crippen LogP contribution in [-0.2, 0) is 0 Å². The van der Waals surface area contributed by atoms with Crippen molar-refractivity contribution in [1.82, 2.24) is 5.32 Å². The minimum absolute atomic E-state index is 0.814. The molecule has 1 rings (SSSR count). The van der Waals surface area contributed by atoms with Crippen molar-refractivity contribution in [3.8, 4) is 0 Å². The summed E-state index contributed by atoms with van der Waals surface area (Å²) < 4.78 is 0. The van der Waals surface area contributed by atoms with Gasteiger partial charge >= 0.3 is 0 Å². The van der Waals surface area contributed by atoms with Crippen molar-refractivity contribution in [2.45, 2.75) is 104 Å². The lowest BCUT2D eigenvalue weighted by Crippen LogP contribution is -2.38. The minimum atomic E-state index is 0.814. The summed E-state index contributed by atoms with van der Waals surface area (Å²) in [6.07, 6.45) is 17.2. The highest BCUT2D eigenvalue weighted by Crippen LogP contribution is 2.34. The van der Waals surface area contributed by atoms with Gasteiger partial charge in [-0.05, 0) is 44.1 Å². The van der Waals surface area contributed by atoms with Crippen LogP contribution in [0.25, 0.3) is 0 Å². The average molecular weight is 282 g/mol.